The minimum absolute atomic E-state index is 0.0515. The van der Waals surface area contributed by atoms with Gasteiger partial charge >= 0.3 is 0 Å². The van der Waals surface area contributed by atoms with E-state index >= 15 is 0 Å². The molecule has 1 heterocycles. The number of carbonyl (C=O) groups is 2. The Morgan fingerprint density at radius 2 is 1.93 bits per heavy atom. The summed E-state index contributed by atoms with van der Waals surface area (Å²) in [7, 11) is -2.71. The van der Waals surface area contributed by atoms with Gasteiger partial charge < -0.3 is 9.64 Å². The van der Waals surface area contributed by atoms with E-state index < -0.39 is 34.2 Å². The third-order valence-corrected chi connectivity index (χ3v) is 6.30. The molecule has 2 amide bonds. The van der Waals surface area contributed by atoms with Crippen LogP contribution < -0.4 is 4.74 Å². The highest BCUT2D eigenvalue weighted by Gasteiger charge is 2.42. The fraction of sp³-hybridized carbons (Fsp3) is 0.263. The Labute approximate surface area is 162 Å². The summed E-state index contributed by atoms with van der Waals surface area (Å²) in [6.45, 7) is 1.45. The normalized spacial score (nSPS) is 14.7. The SMILES string of the molecule is CCN(Cc1ccc(OC)c(F)c1)C(=O)CN1C(=O)c2ccccc2S1(=O)=O. The van der Waals surface area contributed by atoms with Crippen LogP contribution in [-0.4, -0.2) is 49.6 Å². The van der Waals surface area contributed by atoms with Crippen LogP contribution in [0.15, 0.2) is 47.4 Å². The molecule has 0 N–H and O–H groups in total. The number of hydrogen-bond acceptors (Lipinski definition) is 5. The van der Waals surface area contributed by atoms with Gasteiger partial charge in [0, 0.05) is 13.1 Å². The predicted molar refractivity (Wildman–Crippen MR) is 98.7 cm³/mol. The van der Waals surface area contributed by atoms with Crippen molar-refractivity contribution in [3.8, 4) is 5.75 Å². The highest BCUT2D eigenvalue weighted by Crippen LogP contribution is 2.29. The van der Waals surface area contributed by atoms with Gasteiger partial charge in [0.05, 0.1) is 12.7 Å². The van der Waals surface area contributed by atoms with E-state index in [0.29, 0.717) is 9.87 Å². The number of hydrogen-bond donors (Lipinski definition) is 0. The van der Waals surface area contributed by atoms with Crippen LogP contribution in [0.5, 0.6) is 5.75 Å². The summed E-state index contributed by atoms with van der Waals surface area (Å²) in [5.41, 5.74) is 0.572. The zero-order valence-electron chi connectivity index (χ0n) is 15.4. The lowest BCUT2D eigenvalue weighted by atomic mass is 10.2. The topological polar surface area (TPSA) is 84.0 Å². The van der Waals surface area contributed by atoms with E-state index in [2.05, 4.69) is 0 Å². The van der Waals surface area contributed by atoms with Crippen LogP contribution in [0.2, 0.25) is 0 Å². The maximum absolute atomic E-state index is 13.9. The number of nitrogens with zero attached hydrogens (tertiary/aromatic N) is 2. The summed E-state index contributed by atoms with van der Waals surface area (Å²) in [5, 5.41) is 0. The minimum atomic E-state index is -4.06. The van der Waals surface area contributed by atoms with E-state index in [1.54, 1.807) is 19.1 Å². The number of likely N-dealkylation sites (N-methyl/N-ethyl adjacent to an activating group) is 1. The number of rotatable bonds is 6. The lowest BCUT2D eigenvalue weighted by Crippen LogP contribution is -2.42. The van der Waals surface area contributed by atoms with Crippen molar-refractivity contribution >= 4 is 21.8 Å². The summed E-state index contributed by atoms with van der Waals surface area (Å²) < 4.78 is 44.5. The van der Waals surface area contributed by atoms with Crippen LogP contribution in [0.3, 0.4) is 0 Å². The molecule has 0 fully saturated rings. The molecule has 0 aromatic heterocycles. The molecule has 0 aliphatic carbocycles. The summed E-state index contributed by atoms with van der Waals surface area (Å²) in [6.07, 6.45) is 0. The number of amides is 2. The first kappa shape index (κ1) is 19.8. The quantitative estimate of drug-likeness (QED) is 0.733. The molecule has 0 atom stereocenters. The maximum atomic E-state index is 13.9. The lowest BCUT2D eigenvalue weighted by Gasteiger charge is -2.24. The van der Waals surface area contributed by atoms with Gasteiger partial charge in [-0.15, -0.1) is 0 Å². The summed E-state index contributed by atoms with van der Waals surface area (Å²) in [5.74, 6) is -1.75. The van der Waals surface area contributed by atoms with Crippen molar-refractivity contribution in [1.29, 1.82) is 0 Å². The number of ether oxygens (including phenoxy) is 1. The van der Waals surface area contributed by atoms with Crippen molar-refractivity contribution in [3.63, 3.8) is 0 Å². The Morgan fingerprint density at radius 1 is 1.21 bits per heavy atom. The standard InChI is InChI=1S/C19H19FN2O5S/c1-3-21(11-13-8-9-16(27-2)15(20)10-13)18(23)12-22-19(24)14-6-4-5-7-17(14)28(22,25)26/h4-10H,3,11-12H2,1-2H3. The first-order valence-corrected chi connectivity index (χ1v) is 10.00. The fourth-order valence-electron chi connectivity index (χ4n) is 3.02. The number of benzene rings is 2. The van der Waals surface area contributed by atoms with Gasteiger partial charge in [0.15, 0.2) is 11.6 Å². The van der Waals surface area contributed by atoms with Gasteiger partial charge in [0.2, 0.25) is 5.91 Å². The number of halogens is 1. The molecular weight excluding hydrogens is 387 g/mol. The molecule has 7 nitrogen and oxygen atoms in total. The molecule has 0 saturated carbocycles. The second-order valence-electron chi connectivity index (χ2n) is 6.19. The van der Waals surface area contributed by atoms with Gasteiger partial charge in [0.25, 0.3) is 15.9 Å². The van der Waals surface area contributed by atoms with Crippen LogP contribution in [0.25, 0.3) is 0 Å². The van der Waals surface area contributed by atoms with Crippen molar-refractivity contribution < 1.29 is 27.1 Å². The molecule has 0 bridgehead atoms. The van der Waals surface area contributed by atoms with Crippen molar-refractivity contribution in [2.24, 2.45) is 0 Å². The molecule has 0 unspecified atom stereocenters. The van der Waals surface area contributed by atoms with E-state index in [4.69, 9.17) is 4.74 Å². The third kappa shape index (κ3) is 3.45. The Morgan fingerprint density at radius 3 is 2.54 bits per heavy atom. The predicted octanol–water partition coefficient (Wildman–Crippen LogP) is 2.03. The van der Waals surface area contributed by atoms with Gasteiger partial charge in [-0.25, -0.2) is 17.1 Å². The molecule has 0 saturated heterocycles. The second-order valence-corrected chi connectivity index (χ2v) is 8.02. The zero-order chi connectivity index (χ0) is 20.5. The van der Waals surface area contributed by atoms with E-state index in [-0.39, 0.29) is 29.3 Å². The molecule has 28 heavy (non-hydrogen) atoms. The smallest absolute Gasteiger partial charge is 0.269 e. The van der Waals surface area contributed by atoms with E-state index in [0.717, 1.165) is 0 Å². The minimum Gasteiger partial charge on any atom is -0.494 e. The first-order chi connectivity index (χ1) is 13.3. The number of fused-ring (bicyclic) bond motifs is 1. The average Bonchev–Trinajstić information content (AvgIpc) is 2.87. The molecule has 2 aromatic carbocycles. The zero-order valence-corrected chi connectivity index (χ0v) is 16.2. The van der Waals surface area contributed by atoms with Gasteiger partial charge in [-0.2, -0.15) is 0 Å². The van der Waals surface area contributed by atoms with Crippen molar-refractivity contribution in [2.75, 3.05) is 20.2 Å². The van der Waals surface area contributed by atoms with Crippen LogP contribution in [0, 0.1) is 5.82 Å². The molecule has 0 radical (unpaired) electrons. The summed E-state index contributed by atoms with van der Waals surface area (Å²) >= 11 is 0. The van der Waals surface area contributed by atoms with Crippen molar-refractivity contribution in [1.82, 2.24) is 9.21 Å². The highest BCUT2D eigenvalue weighted by atomic mass is 32.2. The molecule has 1 aliphatic rings. The van der Waals surface area contributed by atoms with Gasteiger partial charge in [0.1, 0.15) is 11.4 Å². The average molecular weight is 406 g/mol. The van der Waals surface area contributed by atoms with Crippen molar-refractivity contribution in [3.05, 3.63) is 59.4 Å². The monoisotopic (exact) mass is 406 g/mol. The Bertz CT molecular complexity index is 1040. The largest absolute Gasteiger partial charge is 0.494 e. The van der Waals surface area contributed by atoms with Crippen LogP contribution in [-0.2, 0) is 21.4 Å². The maximum Gasteiger partial charge on any atom is 0.269 e. The Hall–Kier alpha value is -2.94. The van der Waals surface area contributed by atoms with E-state index in [1.165, 1.54) is 42.3 Å². The van der Waals surface area contributed by atoms with E-state index in [1.807, 2.05) is 0 Å². The molecule has 3 rings (SSSR count). The molecule has 148 valence electrons. The Kier molecular flexibility index (Phi) is 5.37. The Balaban J connectivity index is 1.78. The third-order valence-electron chi connectivity index (χ3n) is 4.51. The van der Waals surface area contributed by atoms with Crippen molar-refractivity contribution in [2.45, 2.75) is 18.4 Å². The van der Waals surface area contributed by atoms with Gasteiger partial charge in [-0.1, -0.05) is 18.2 Å². The summed E-state index contributed by atoms with van der Waals surface area (Å²) in [6, 6.07) is 10.2. The molecule has 2 aromatic rings. The number of sulfonamides is 1. The number of carbonyl (C=O) groups excluding carboxylic acids is 2. The van der Waals surface area contributed by atoms with Crippen LogP contribution >= 0.6 is 0 Å². The second kappa shape index (κ2) is 7.59. The molecule has 0 spiro atoms. The molecule has 9 heteroatoms. The number of methoxy groups -OCH3 is 1. The first-order valence-electron chi connectivity index (χ1n) is 8.56. The van der Waals surface area contributed by atoms with Crippen LogP contribution in [0.4, 0.5) is 4.39 Å². The van der Waals surface area contributed by atoms with E-state index in [9.17, 15) is 22.4 Å². The molecular formula is C19H19FN2O5S. The lowest BCUT2D eigenvalue weighted by molar-refractivity contribution is -0.131. The van der Waals surface area contributed by atoms with Gasteiger partial charge in [-0.3, -0.25) is 9.59 Å². The molecule has 1 aliphatic heterocycles. The van der Waals surface area contributed by atoms with Gasteiger partial charge in [-0.05, 0) is 36.8 Å². The summed E-state index contributed by atoms with van der Waals surface area (Å²) in [4.78, 5) is 26.4. The van der Waals surface area contributed by atoms with Crippen LogP contribution in [0.1, 0.15) is 22.8 Å². The highest BCUT2D eigenvalue weighted by molar-refractivity contribution is 7.90. The fourth-order valence-corrected chi connectivity index (χ4v) is 4.53.